The van der Waals surface area contributed by atoms with E-state index in [2.05, 4.69) is 39.4 Å². The monoisotopic (exact) mass is 397 g/mol. The lowest BCUT2D eigenvalue weighted by Crippen LogP contribution is -2.44. The number of ether oxygens (including phenoxy) is 2. The zero-order chi connectivity index (χ0) is 20.6. The molecule has 6 heteroatoms. The van der Waals surface area contributed by atoms with Gasteiger partial charge in [0.25, 0.3) is 5.91 Å². The van der Waals surface area contributed by atoms with Crippen LogP contribution in [0.1, 0.15) is 17.2 Å². The molecule has 0 saturated carbocycles. The number of nitrogens with zero attached hydrogens (tertiary/aromatic N) is 2. The third-order valence-corrected chi connectivity index (χ3v) is 5.23. The van der Waals surface area contributed by atoms with Gasteiger partial charge in [0.2, 0.25) is 0 Å². The van der Waals surface area contributed by atoms with Crippen molar-refractivity contribution < 1.29 is 14.3 Å². The van der Waals surface area contributed by atoms with Gasteiger partial charge in [-0.2, -0.15) is 0 Å². The van der Waals surface area contributed by atoms with Crippen LogP contribution < -0.4 is 15.0 Å². The first kappa shape index (κ1) is 21.1. The van der Waals surface area contributed by atoms with Crippen LogP contribution in [0.25, 0.3) is 0 Å². The fourth-order valence-electron chi connectivity index (χ4n) is 3.46. The summed E-state index contributed by atoms with van der Waals surface area (Å²) in [6, 6.07) is 16.3. The maximum atomic E-state index is 12.4. The maximum Gasteiger partial charge on any atom is 0.258 e. The van der Waals surface area contributed by atoms with Gasteiger partial charge in [0, 0.05) is 39.4 Å². The lowest BCUT2D eigenvalue weighted by atomic mass is 10.0. The Morgan fingerprint density at radius 1 is 1.14 bits per heavy atom. The summed E-state index contributed by atoms with van der Waals surface area (Å²) in [5, 5.41) is 3.05. The van der Waals surface area contributed by atoms with Gasteiger partial charge >= 0.3 is 0 Å². The number of nitrogens with one attached hydrogen (secondary N) is 1. The van der Waals surface area contributed by atoms with Gasteiger partial charge in [-0.3, -0.25) is 9.69 Å². The molecule has 1 aliphatic heterocycles. The van der Waals surface area contributed by atoms with Gasteiger partial charge in [-0.05, 0) is 36.2 Å². The summed E-state index contributed by atoms with van der Waals surface area (Å²) in [6.45, 7) is 5.68. The largest absolute Gasteiger partial charge is 0.484 e. The molecule has 156 valence electrons. The highest BCUT2D eigenvalue weighted by Gasteiger charge is 2.23. The first-order valence-corrected chi connectivity index (χ1v) is 10.1. The average molecular weight is 398 g/mol. The van der Waals surface area contributed by atoms with Gasteiger partial charge in [0.05, 0.1) is 19.3 Å². The summed E-state index contributed by atoms with van der Waals surface area (Å²) in [5.74, 6) is 0.628. The van der Waals surface area contributed by atoms with Crippen LogP contribution in [0.4, 0.5) is 5.69 Å². The zero-order valence-electron chi connectivity index (χ0n) is 17.6. The Balaban J connectivity index is 1.62. The molecule has 1 atom stereocenters. The standard InChI is InChI=1S/C23H31N3O3/c1-18-6-4-5-7-22(18)29-17-23(27)24-16-21(26-12-14-28-15-13-26)19-8-10-20(11-9-19)25(2)3/h4-11,21H,12-17H2,1-3H3,(H,24,27)/t21-/m0/s1. The van der Waals surface area contributed by atoms with Crippen molar-refractivity contribution in [3.8, 4) is 5.75 Å². The molecule has 1 aliphatic rings. The van der Waals surface area contributed by atoms with Crippen LogP contribution >= 0.6 is 0 Å². The molecule has 0 radical (unpaired) electrons. The fraction of sp³-hybridized carbons (Fsp3) is 0.435. The molecule has 1 N–H and O–H groups in total. The lowest BCUT2D eigenvalue weighted by Gasteiger charge is -2.35. The van der Waals surface area contributed by atoms with E-state index in [4.69, 9.17) is 9.47 Å². The Morgan fingerprint density at radius 2 is 1.83 bits per heavy atom. The molecule has 1 amide bonds. The minimum absolute atomic E-state index is 0.0141. The van der Waals surface area contributed by atoms with E-state index >= 15 is 0 Å². The van der Waals surface area contributed by atoms with E-state index in [1.165, 1.54) is 5.56 Å². The van der Waals surface area contributed by atoms with Crippen molar-refractivity contribution in [3.63, 3.8) is 0 Å². The lowest BCUT2D eigenvalue weighted by molar-refractivity contribution is -0.123. The van der Waals surface area contributed by atoms with Crippen molar-refractivity contribution >= 4 is 11.6 Å². The SMILES string of the molecule is Cc1ccccc1OCC(=O)NC[C@@H](c1ccc(N(C)C)cc1)N1CCOCC1. The second-order valence-corrected chi connectivity index (χ2v) is 7.51. The van der Waals surface area contributed by atoms with Crippen LogP contribution in [-0.4, -0.2) is 64.4 Å². The quantitative estimate of drug-likeness (QED) is 0.742. The molecule has 0 aromatic heterocycles. The minimum atomic E-state index is -0.114. The molecule has 3 rings (SSSR count). The van der Waals surface area contributed by atoms with Crippen molar-refractivity contribution in [2.45, 2.75) is 13.0 Å². The molecule has 0 spiro atoms. The zero-order valence-corrected chi connectivity index (χ0v) is 17.6. The average Bonchev–Trinajstić information content (AvgIpc) is 2.74. The number of rotatable bonds is 8. The molecule has 1 heterocycles. The van der Waals surface area contributed by atoms with Gasteiger partial charge in [-0.1, -0.05) is 30.3 Å². The third-order valence-electron chi connectivity index (χ3n) is 5.23. The van der Waals surface area contributed by atoms with Crippen molar-refractivity contribution in [1.82, 2.24) is 10.2 Å². The highest BCUT2D eigenvalue weighted by molar-refractivity contribution is 5.77. The van der Waals surface area contributed by atoms with E-state index < -0.39 is 0 Å². The summed E-state index contributed by atoms with van der Waals surface area (Å²) in [7, 11) is 4.06. The number of carbonyl (C=O) groups excluding carboxylic acids is 1. The van der Waals surface area contributed by atoms with Crippen LogP contribution in [-0.2, 0) is 9.53 Å². The summed E-state index contributed by atoms with van der Waals surface area (Å²) in [5.41, 5.74) is 3.37. The van der Waals surface area contributed by atoms with E-state index in [1.54, 1.807) is 0 Å². The van der Waals surface area contributed by atoms with E-state index in [1.807, 2.05) is 45.3 Å². The van der Waals surface area contributed by atoms with Crippen molar-refractivity contribution in [3.05, 3.63) is 59.7 Å². The highest BCUT2D eigenvalue weighted by atomic mass is 16.5. The van der Waals surface area contributed by atoms with E-state index in [-0.39, 0.29) is 18.6 Å². The highest BCUT2D eigenvalue weighted by Crippen LogP contribution is 2.24. The van der Waals surface area contributed by atoms with Crippen molar-refractivity contribution in [1.29, 1.82) is 0 Å². The van der Waals surface area contributed by atoms with Crippen molar-refractivity contribution in [2.24, 2.45) is 0 Å². The molecular formula is C23H31N3O3. The Labute approximate surface area is 173 Å². The molecule has 0 aliphatic carbocycles. The van der Waals surface area contributed by atoms with Crippen LogP contribution in [0.2, 0.25) is 0 Å². The van der Waals surface area contributed by atoms with Crippen LogP contribution in [0.3, 0.4) is 0 Å². The molecule has 2 aromatic rings. The number of amides is 1. The summed E-state index contributed by atoms with van der Waals surface area (Å²) < 4.78 is 11.2. The first-order chi connectivity index (χ1) is 14.0. The van der Waals surface area contributed by atoms with E-state index in [9.17, 15) is 4.79 Å². The number of para-hydroxylation sites is 1. The number of aryl methyl sites for hydroxylation is 1. The molecule has 29 heavy (non-hydrogen) atoms. The molecule has 6 nitrogen and oxygen atoms in total. The van der Waals surface area contributed by atoms with Gasteiger partial charge in [0.15, 0.2) is 6.61 Å². The third kappa shape index (κ3) is 5.95. The topological polar surface area (TPSA) is 54.0 Å². The fourth-order valence-corrected chi connectivity index (χ4v) is 3.46. The summed E-state index contributed by atoms with van der Waals surface area (Å²) in [4.78, 5) is 16.9. The number of carbonyl (C=O) groups is 1. The van der Waals surface area contributed by atoms with Gasteiger partial charge in [-0.15, -0.1) is 0 Å². The van der Waals surface area contributed by atoms with Crippen LogP contribution in [0.15, 0.2) is 48.5 Å². The van der Waals surface area contributed by atoms with Gasteiger partial charge in [-0.25, -0.2) is 0 Å². The molecular weight excluding hydrogens is 366 g/mol. The maximum absolute atomic E-state index is 12.4. The van der Waals surface area contributed by atoms with Gasteiger partial charge in [0.1, 0.15) is 5.75 Å². The minimum Gasteiger partial charge on any atom is -0.484 e. The molecule has 0 bridgehead atoms. The summed E-state index contributed by atoms with van der Waals surface area (Å²) >= 11 is 0. The number of benzene rings is 2. The van der Waals surface area contributed by atoms with Gasteiger partial charge < -0.3 is 19.7 Å². The normalized spacial score (nSPS) is 15.6. The molecule has 0 unspecified atom stereocenters. The Kier molecular flexibility index (Phi) is 7.49. The molecule has 2 aromatic carbocycles. The molecule has 1 fully saturated rings. The summed E-state index contributed by atoms with van der Waals surface area (Å²) in [6.07, 6.45) is 0. The second kappa shape index (κ2) is 10.3. The predicted molar refractivity (Wildman–Crippen MR) is 116 cm³/mol. The second-order valence-electron chi connectivity index (χ2n) is 7.51. The van der Waals surface area contributed by atoms with E-state index in [0.29, 0.717) is 6.54 Å². The number of anilines is 1. The van der Waals surface area contributed by atoms with Crippen molar-refractivity contribution in [2.75, 3.05) is 58.5 Å². The Morgan fingerprint density at radius 3 is 2.48 bits per heavy atom. The van der Waals surface area contributed by atoms with E-state index in [0.717, 1.165) is 43.3 Å². The number of morpholine rings is 1. The predicted octanol–water partition coefficient (Wildman–Crippen LogP) is 2.63. The smallest absolute Gasteiger partial charge is 0.258 e. The van der Waals surface area contributed by atoms with Crippen LogP contribution in [0.5, 0.6) is 5.75 Å². The first-order valence-electron chi connectivity index (χ1n) is 10.1. The van der Waals surface area contributed by atoms with Crippen LogP contribution in [0, 0.1) is 6.92 Å². The number of hydrogen-bond donors (Lipinski definition) is 1. The Hall–Kier alpha value is -2.57. The molecule has 1 saturated heterocycles. The Bertz CT molecular complexity index is 786. The number of hydrogen-bond acceptors (Lipinski definition) is 5.